The second-order valence-corrected chi connectivity index (χ2v) is 25.5. The maximum Gasteiger partial charge on any atom is 0.335 e. The molecular weight excluding hydrogens is 643 g/mol. The first-order valence-electron chi connectivity index (χ1n) is 16.0. The van der Waals surface area contributed by atoms with Gasteiger partial charge in [0.2, 0.25) is 5.16 Å². The third-order valence-electron chi connectivity index (χ3n) is 10.4. The molecule has 2 N–H and O–H groups in total. The van der Waals surface area contributed by atoms with Gasteiger partial charge in [-0.2, -0.15) is 0 Å². The largest absolute Gasteiger partial charge is 0.414 e. The van der Waals surface area contributed by atoms with Crippen LogP contribution in [0.3, 0.4) is 0 Å². The van der Waals surface area contributed by atoms with Crippen molar-refractivity contribution >= 4 is 55.3 Å². The lowest BCUT2D eigenvalue weighted by molar-refractivity contribution is -0.0868. The van der Waals surface area contributed by atoms with Gasteiger partial charge < -0.3 is 23.4 Å². The zero-order valence-corrected chi connectivity index (χ0v) is 31.8. The number of rotatable bonds is 8. The summed E-state index contributed by atoms with van der Waals surface area (Å²) in [6.45, 7) is 21.5. The minimum Gasteiger partial charge on any atom is -0.414 e. The van der Waals surface area contributed by atoms with Gasteiger partial charge in [-0.3, -0.25) is 9.19 Å². The van der Waals surface area contributed by atoms with Crippen LogP contribution in [0.1, 0.15) is 74.4 Å². The number of nitrogens with zero attached hydrogens (tertiary/aromatic N) is 4. The van der Waals surface area contributed by atoms with Crippen LogP contribution in [-0.4, -0.2) is 76.0 Å². The van der Waals surface area contributed by atoms with Crippen molar-refractivity contribution < 1.29 is 22.3 Å². The monoisotopic (exact) mass is 689 g/mol. The van der Waals surface area contributed by atoms with E-state index in [0.29, 0.717) is 17.9 Å². The molecule has 0 radical (unpaired) electrons. The third kappa shape index (κ3) is 4.84. The first-order chi connectivity index (χ1) is 21.0. The Hall–Kier alpha value is -1.66. The van der Waals surface area contributed by atoms with Crippen molar-refractivity contribution in [2.45, 2.75) is 126 Å². The average molecular weight is 690 g/mol. The van der Waals surface area contributed by atoms with Crippen LogP contribution in [0, 0.1) is 12.8 Å². The minimum atomic E-state index is -2.92. The van der Waals surface area contributed by atoms with Crippen LogP contribution in [0.15, 0.2) is 23.6 Å². The molecule has 2 saturated carbocycles. The lowest BCUT2D eigenvalue weighted by Gasteiger charge is -2.48. The predicted molar refractivity (Wildman–Crippen MR) is 183 cm³/mol. The topological polar surface area (TPSA) is 129 Å². The molecule has 2 aliphatic carbocycles. The van der Waals surface area contributed by atoms with Crippen LogP contribution in [-0.2, 0) is 23.8 Å². The van der Waals surface area contributed by atoms with Gasteiger partial charge in [-0.05, 0) is 48.5 Å². The van der Waals surface area contributed by atoms with Crippen molar-refractivity contribution in [3.05, 3.63) is 24.2 Å². The first kappa shape index (κ1) is 33.3. The molecule has 45 heavy (non-hydrogen) atoms. The van der Waals surface area contributed by atoms with Gasteiger partial charge in [-0.25, -0.2) is 15.0 Å². The van der Waals surface area contributed by atoms with Crippen molar-refractivity contribution in [1.82, 2.24) is 19.9 Å². The number of hydrogen-bond acceptors (Lipinski definition) is 11. The highest BCUT2D eigenvalue weighted by Gasteiger charge is 2.86. The van der Waals surface area contributed by atoms with Crippen molar-refractivity contribution in [1.29, 1.82) is 0 Å². The fraction of sp³-hybridized carbons (Fsp3) is 0.677. The van der Waals surface area contributed by atoms with E-state index in [0.717, 1.165) is 20.8 Å². The fourth-order valence-corrected chi connectivity index (χ4v) is 20.9. The van der Waals surface area contributed by atoms with Gasteiger partial charge >= 0.3 is 17.1 Å². The summed E-state index contributed by atoms with van der Waals surface area (Å²) < 4.78 is 35.6. The Morgan fingerprint density at radius 1 is 1.04 bits per heavy atom. The SMILES string of the molecule is Cc1nc(S(C)=O)nc(NC2CC3C4O[Si](C(C)C)(C(C)C)O[Si](C(C)C)(C(C)C)OC34C2(C)O)c1-c1nc2cnccc2s1. The molecule has 6 unspecified atom stereocenters. The summed E-state index contributed by atoms with van der Waals surface area (Å²) in [6, 6.07) is 1.52. The Balaban J connectivity index is 1.43. The summed E-state index contributed by atoms with van der Waals surface area (Å²) in [5, 5.41) is 17.3. The molecule has 1 saturated heterocycles. The molecule has 3 aromatic heterocycles. The number of anilines is 1. The molecule has 6 atom stereocenters. The van der Waals surface area contributed by atoms with Crippen LogP contribution in [0.2, 0.25) is 22.2 Å². The van der Waals surface area contributed by atoms with E-state index < -0.39 is 45.2 Å². The molecule has 3 aromatic rings. The summed E-state index contributed by atoms with van der Waals surface area (Å²) in [6.07, 6.45) is 5.46. The second kappa shape index (κ2) is 11.2. The molecule has 1 spiro atoms. The maximum atomic E-state index is 12.7. The van der Waals surface area contributed by atoms with Crippen molar-refractivity contribution in [3.8, 4) is 10.6 Å². The van der Waals surface area contributed by atoms with Crippen molar-refractivity contribution in [2.75, 3.05) is 11.6 Å². The van der Waals surface area contributed by atoms with E-state index in [4.69, 9.17) is 22.9 Å². The van der Waals surface area contributed by atoms with Crippen LogP contribution >= 0.6 is 11.3 Å². The number of aliphatic hydroxyl groups is 1. The van der Waals surface area contributed by atoms with Crippen LogP contribution in [0.25, 0.3) is 20.8 Å². The molecule has 0 amide bonds. The molecule has 6 rings (SSSR count). The van der Waals surface area contributed by atoms with Gasteiger partial charge in [-0.15, -0.1) is 11.3 Å². The van der Waals surface area contributed by atoms with E-state index in [-0.39, 0.29) is 39.3 Å². The molecule has 0 bridgehead atoms. The number of fused-ring (bicyclic) bond motifs is 2. The van der Waals surface area contributed by atoms with Crippen molar-refractivity contribution in [2.24, 2.45) is 5.92 Å². The van der Waals surface area contributed by atoms with Crippen LogP contribution < -0.4 is 5.32 Å². The average Bonchev–Trinajstić information content (AvgIpc) is 3.27. The number of hydrogen-bond donors (Lipinski definition) is 2. The molecule has 1 aliphatic heterocycles. The molecule has 10 nitrogen and oxygen atoms in total. The third-order valence-corrected chi connectivity index (χ3v) is 22.4. The highest BCUT2D eigenvalue weighted by atomic mass is 32.2. The normalized spacial score (nSPS) is 31.0. The first-order valence-corrected chi connectivity index (χ1v) is 22.3. The Bertz CT molecular complexity index is 1600. The standard InChI is InChI=1S/C31H47N5O5S2Si2/c1-16(2)44(17(3)4)39-26-21-14-24(30(10,37)31(21,26)40-45(41-44,18(5)6)19(7)8)35-27-25(20(9)33-29(36-27)43(11)38)28-34-22-15-32-13-12-23(22)42-28/h12-13,15-19,21,24,26,37H,14H2,1-11H3,(H,33,35,36). The highest BCUT2D eigenvalue weighted by molar-refractivity contribution is 7.84. The van der Waals surface area contributed by atoms with Gasteiger partial charge in [0.15, 0.2) is 0 Å². The van der Waals surface area contributed by atoms with Gasteiger partial charge in [-0.1, -0.05) is 55.4 Å². The van der Waals surface area contributed by atoms with E-state index in [1.807, 2.05) is 19.9 Å². The maximum absolute atomic E-state index is 12.7. The van der Waals surface area contributed by atoms with E-state index >= 15 is 0 Å². The highest BCUT2D eigenvalue weighted by Crippen LogP contribution is 2.70. The number of pyridine rings is 1. The number of aryl methyl sites for hydroxylation is 1. The molecule has 246 valence electrons. The van der Waals surface area contributed by atoms with Crippen LogP contribution in [0.4, 0.5) is 5.82 Å². The van der Waals surface area contributed by atoms with E-state index in [1.54, 1.807) is 18.6 Å². The number of nitrogens with one attached hydrogen (secondary N) is 1. The van der Waals surface area contributed by atoms with Gasteiger partial charge in [0, 0.05) is 18.4 Å². The fourth-order valence-electron chi connectivity index (χ4n) is 7.88. The zero-order chi connectivity index (χ0) is 32.9. The minimum absolute atomic E-state index is 0.00216. The Kier molecular flexibility index (Phi) is 8.29. The van der Waals surface area contributed by atoms with Gasteiger partial charge in [0.05, 0.1) is 45.1 Å². The molecule has 3 fully saturated rings. The van der Waals surface area contributed by atoms with E-state index in [9.17, 15) is 9.32 Å². The molecule has 14 heteroatoms. The lowest BCUT2D eigenvalue weighted by atomic mass is 9.91. The molecular formula is C31H47N5O5S2Si2. The Morgan fingerprint density at radius 3 is 2.27 bits per heavy atom. The summed E-state index contributed by atoms with van der Waals surface area (Å²) in [7, 11) is -7.08. The smallest absolute Gasteiger partial charge is 0.335 e. The quantitative estimate of drug-likeness (QED) is 0.201. The second-order valence-electron chi connectivity index (χ2n) is 14.4. The van der Waals surface area contributed by atoms with E-state index in [1.165, 1.54) is 11.3 Å². The predicted octanol–water partition coefficient (Wildman–Crippen LogP) is 6.45. The van der Waals surface area contributed by atoms with Gasteiger partial charge in [0.1, 0.15) is 27.5 Å². The summed E-state index contributed by atoms with van der Waals surface area (Å²) >= 11 is 1.53. The molecule has 0 aromatic carbocycles. The zero-order valence-electron chi connectivity index (χ0n) is 28.2. The van der Waals surface area contributed by atoms with Crippen molar-refractivity contribution in [3.63, 3.8) is 0 Å². The Morgan fingerprint density at radius 2 is 1.69 bits per heavy atom. The van der Waals surface area contributed by atoms with Crippen LogP contribution in [0.5, 0.6) is 0 Å². The number of thiazole rings is 1. The Labute approximate surface area is 275 Å². The van der Waals surface area contributed by atoms with Gasteiger partial charge in [0.25, 0.3) is 0 Å². The summed E-state index contributed by atoms with van der Waals surface area (Å²) in [5.74, 6) is 0.511. The lowest BCUT2D eigenvalue weighted by Crippen LogP contribution is -2.62. The number of aromatic nitrogens is 4. The summed E-state index contributed by atoms with van der Waals surface area (Å²) in [5.41, 5.74) is 0.754. The molecule has 3 aliphatic rings. The molecule has 4 heterocycles. The summed E-state index contributed by atoms with van der Waals surface area (Å²) in [4.78, 5) is 18.4. The van der Waals surface area contributed by atoms with E-state index in [2.05, 4.69) is 70.7 Å².